The SMILES string of the molecule is Cc1nn(CCC(C)C)c2c1C(c1cnn(C)c1)CC(=O)N2. The third-order valence-electron chi connectivity index (χ3n) is 4.22. The van der Waals surface area contributed by atoms with Gasteiger partial charge in [0, 0.05) is 37.7 Å². The Morgan fingerprint density at radius 1 is 1.45 bits per heavy atom. The summed E-state index contributed by atoms with van der Waals surface area (Å²) >= 11 is 0. The number of nitrogens with one attached hydrogen (secondary N) is 1. The van der Waals surface area contributed by atoms with Crippen molar-refractivity contribution in [2.45, 2.75) is 46.1 Å². The summed E-state index contributed by atoms with van der Waals surface area (Å²) in [5, 5.41) is 11.9. The highest BCUT2D eigenvalue weighted by atomic mass is 16.1. The average molecular weight is 301 g/mol. The first-order chi connectivity index (χ1) is 10.5. The van der Waals surface area contributed by atoms with Crippen LogP contribution in [0.2, 0.25) is 0 Å². The first-order valence-electron chi connectivity index (χ1n) is 7.81. The van der Waals surface area contributed by atoms with E-state index in [0.29, 0.717) is 12.3 Å². The summed E-state index contributed by atoms with van der Waals surface area (Å²) in [6.45, 7) is 7.24. The van der Waals surface area contributed by atoms with Crippen molar-refractivity contribution >= 4 is 11.7 Å². The van der Waals surface area contributed by atoms with E-state index in [9.17, 15) is 4.79 Å². The van der Waals surface area contributed by atoms with Gasteiger partial charge in [-0.1, -0.05) is 13.8 Å². The third kappa shape index (κ3) is 2.65. The summed E-state index contributed by atoms with van der Waals surface area (Å²) in [4.78, 5) is 12.1. The molecular weight excluding hydrogens is 278 g/mol. The molecule has 1 aliphatic rings. The maximum absolute atomic E-state index is 12.1. The average Bonchev–Trinajstić information content (AvgIpc) is 3.00. The zero-order chi connectivity index (χ0) is 15.9. The predicted molar refractivity (Wildman–Crippen MR) is 84.7 cm³/mol. The number of nitrogens with zero attached hydrogens (tertiary/aromatic N) is 4. The van der Waals surface area contributed by atoms with Crippen LogP contribution in [0.4, 0.5) is 5.82 Å². The lowest BCUT2D eigenvalue weighted by molar-refractivity contribution is -0.116. The van der Waals surface area contributed by atoms with Crippen molar-refractivity contribution in [1.82, 2.24) is 19.6 Å². The Kier molecular flexibility index (Phi) is 3.76. The van der Waals surface area contributed by atoms with Gasteiger partial charge in [0.25, 0.3) is 0 Å². The molecule has 3 heterocycles. The van der Waals surface area contributed by atoms with Gasteiger partial charge in [0.2, 0.25) is 5.91 Å². The number of hydrogen-bond donors (Lipinski definition) is 1. The van der Waals surface area contributed by atoms with Crippen molar-refractivity contribution in [1.29, 1.82) is 0 Å². The molecule has 1 amide bonds. The Hall–Kier alpha value is -2.11. The van der Waals surface area contributed by atoms with Gasteiger partial charge in [-0.15, -0.1) is 0 Å². The van der Waals surface area contributed by atoms with Gasteiger partial charge in [0.05, 0.1) is 11.9 Å². The summed E-state index contributed by atoms with van der Waals surface area (Å²) in [6.07, 6.45) is 5.33. The number of carbonyl (C=O) groups is 1. The van der Waals surface area contributed by atoms with E-state index in [1.807, 2.05) is 31.0 Å². The van der Waals surface area contributed by atoms with Gasteiger partial charge in [-0.3, -0.25) is 9.48 Å². The number of hydrogen-bond acceptors (Lipinski definition) is 3. The minimum atomic E-state index is 0.0465. The molecule has 0 aromatic carbocycles. The minimum absolute atomic E-state index is 0.0465. The largest absolute Gasteiger partial charge is 0.311 e. The van der Waals surface area contributed by atoms with Crippen LogP contribution in [0.15, 0.2) is 12.4 Å². The van der Waals surface area contributed by atoms with Gasteiger partial charge in [0.15, 0.2) is 0 Å². The smallest absolute Gasteiger partial charge is 0.226 e. The highest BCUT2D eigenvalue weighted by molar-refractivity contribution is 5.94. The van der Waals surface area contributed by atoms with Crippen LogP contribution in [0.25, 0.3) is 0 Å². The molecule has 2 aromatic heterocycles. The molecular formula is C16H23N5O. The topological polar surface area (TPSA) is 64.7 Å². The molecule has 1 unspecified atom stereocenters. The molecule has 3 rings (SSSR count). The van der Waals surface area contributed by atoms with E-state index < -0.39 is 0 Å². The van der Waals surface area contributed by atoms with Gasteiger partial charge < -0.3 is 5.32 Å². The number of anilines is 1. The van der Waals surface area contributed by atoms with E-state index in [1.54, 1.807) is 4.68 Å². The quantitative estimate of drug-likeness (QED) is 0.943. The number of aromatic nitrogens is 4. The first-order valence-corrected chi connectivity index (χ1v) is 7.81. The number of rotatable bonds is 4. The second-order valence-electron chi connectivity index (χ2n) is 6.51. The Bertz CT molecular complexity index is 697. The fourth-order valence-corrected chi connectivity index (χ4v) is 3.06. The summed E-state index contributed by atoms with van der Waals surface area (Å²) in [6, 6.07) is 0. The van der Waals surface area contributed by atoms with E-state index in [-0.39, 0.29) is 11.8 Å². The van der Waals surface area contributed by atoms with Crippen LogP contribution < -0.4 is 5.32 Å². The molecule has 1 aliphatic heterocycles. The molecule has 0 fully saturated rings. The second-order valence-corrected chi connectivity index (χ2v) is 6.51. The maximum Gasteiger partial charge on any atom is 0.226 e. The number of fused-ring (bicyclic) bond motifs is 1. The van der Waals surface area contributed by atoms with Gasteiger partial charge in [0.1, 0.15) is 5.82 Å². The lowest BCUT2D eigenvalue weighted by Gasteiger charge is -2.23. The summed E-state index contributed by atoms with van der Waals surface area (Å²) in [5.41, 5.74) is 3.20. The molecule has 0 saturated carbocycles. The first kappa shape index (κ1) is 14.8. The van der Waals surface area contributed by atoms with Gasteiger partial charge >= 0.3 is 0 Å². The molecule has 6 nitrogen and oxygen atoms in total. The van der Waals surface area contributed by atoms with Crippen LogP contribution in [0.1, 0.15) is 49.4 Å². The van der Waals surface area contributed by atoms with Gasteiger partial charge in [-0.2, -0.15) is 10.2 Å². The molecule has 22 heavy (non-hydrogen) atoms. The van der Waals surface area contributed by atoms with Crippen LogP contribution in [0, 0.1) is 12.8 Å². The minimum Gasteiger partial charge on any atom is -0.311 e. The normalized spacial score (nSPS) is 17.7. The highest BCUT2D eigenvalue weighted by Gasteiger charge is 2.32. The molecule has 0 spiro atoms. The van der Waals surface area contributed by atoms with Crippen molar-refractivity contribution in [2.24, 2.45) is 13.0 Å². The Morgan fingerprint density at radius 2 is 2.23 bits per heavy atom. The summed E-state index contributed by atoms with van der Waals surface area (Å²) < 4.78 is 3.73. The summed E-state index contributed by atoms with van der Waals surface area (Å²) in [5.74, 6) is 1.56. The van der Waals surface area contributed by atoms with Crippen molar-refractivity contribution in [2.75, 3.05) is 5.32 Å². The van der Waals surface area contributed by atoms with Crippen molar-refractivity contribution in [3.8, 4) is 0 Å². The molecule has 118 valence electrons. The molecule has 2 aromatic rings. The van der Waals surface area contributed by atoms with Crippen molar-refractivity contribution in [3.63, 3.8) is 0 Å². The van der Waals surface area contributed by atoms with Gasteiger partial charge in [-0.05, 0) is 24.8 Å². The van der Waals surface area contributed by atoms with Crippen LogP contribution in [-0.4, -0.2) is 25.5 Å². The standard InChI is InChI=1S/C16H23N5O/c1-10(2)5-6-21-16-15(11(3)19-21)13(7-14(22)18-16)12-8-17-20(4)9-12/h8-10,13H,5-7H2,1-4H3,(H,18,22). The lowest BCUT2D eigenvalue weighted by atomic mass is 9.87. The van der Waals surface area contributed by atoms with E-state index in [0.717, 1.165) is 35.6 Å². The zero-order valence-electron chi connectivity index (χ0n) is 13.6. The van der Waals surface area contributed by atoms with Crippen LogP contribution in [0.3, 0.4) is 0 Å². The Morgan fingerprint density at radius 3 is 2.86 bits per heavy atom. The zero-order valence-corrected chi connectivity index (χ0v) is 13.6. The fraction of sp³-hybridized carbons (Fsp3) is 0.562. The van der Waals surface area contributed by atoms with Gasteiger partial charge in [-0.25, -0.2) is 4.68 Å². The molecule has 6 heteroatoms. The lowest BCUT2D eigenvalue weighted by Crippen LogP contribution is -2.25. The van der Waals surface area contributed by atoms with E-state index >= 15 is 0 Å². The molecule has 0 bridgehead atoms. The van der Waals surface area contributed by atoms with E-state index in [4.69, 9.17) is 0 Å². The van der Waals surface area contributed by atoms with Crippen molar-refractivity contribution < 1.29 is 4.79 Å². The number of carbonyl (C=O) groups excluding carboxylic acids is 1. The molecule has 0 aliphatic carbocycles. The third-order valence-corrected chi connectivity index (χ3v) is 4.22. The highest BCUT2D eigenvalue weighted by Crippen LogP contribution is 2.39. The summed E-state index contributed by atoms with van der Waals surface area (Å²) in [7, 11) is 1.90. The van der Waals surface area contributed by atoms with Crippen LogP contribution in [-0.2, 0) is 18.4 Å². The Balaban J connectivity index is 2.00. The molecule has 0 radical (unpaired) electrons. The number of amides is 1. The second kappa shape index (κ2) is 5.59. The fourth-order valence-electron chi connectivity index (χ4n) is 3.06. The van der Waals surface area contributed by atoms with Crippen LogP contribution in [0.5, 0.6) is 0 Å². The monoisotopic (exact) mass is 301 g/mol. The number of aryl methyl sites for hydroxylation is 3. The van der Waals surface area contributed by atoms with E-state index in [2.05, 4.69) is 29.4 Å². The van der Waals surface area contributed by atoms with E-state index in [1.165, 1.54) is 0 Å². The molecule has 0 saturated heterocycles. The predicted octanol–water partition coefficient (Wildman–Crippen LogP) is 2.45. The Labute approximate surface area is 130 Å². The maximum atomic E-state index is 12.1. The molecule has 1 atom stereocenters. The van der Waals surface area contributed by atoms with Crippen molar-refractivity contribution in [3.05, 3.63) is 29.2 Å². The molecule has 1 N–H and O–H groups in total. The van der Waals surface area contributed by atoms with Crippen LogP contribution >= 0.6 is 0 Å².